The topological polar surface area (TPSA) is 125 Å². The van der Waals surface area contributed by atoms with Gasteiger partial charge in [-0.25, -0.2) is 0 Å². The highest BCUT2D eigenvalue weighted by Crippen LogP contribution is 2.44. The fourth-order valence-electron chi connectivity index (χ4n) is 3.65. The summed E-state index contributed by atoms with van der Waals surface area (Å²) >= 11 is 0. The van der Waals surface area contributed by atoms with Gasteiger partial charge in [-0.3, -0.25) is 14.7 Å². The Morgan fingerprint density at radius 3 is 2.81 bits per heavy atom. The summed E-state index contributed by atoms with van der Waals surface area (Å²) in [6.07, 6.45) is 0.0977. The number of aromatic hydroxyl groups is 1. The van der Waals surface area contributed by atoms with Crippen molar-refractivity contribution in [2.24, 2.45) is 5.92 Å². The largest absolute Gasteiger partial charge is 0.508 e. The van der Waals surface area contributed by atoms with E-state index in [4.69, 9.17) is 9.47 Å². The summed E-state index contributed by atoms with van der Waals surface area (Å²) in [7, 11) is 1.49. The van der Waals surface area contributed by atoms with E-state index < -0.39 is 23.4 Å². The Hall–Kier alpha value is -2.58. The van der Waals surface area contributed by atoms with E-state index in [1.807, 2.05) is 0 Å². The molecule has 4 N–H and O–H groups in total. The second kappa shape index (κ2) is 6.97. The van der Waals surface area contributed by atoms with Gasteiger partial charge in [-0.2, -0.15) is 0 Å². The van der Waals surface area contributed by atoms with Gasteiger partial charge in [-0.1, -0.05) is 12.1 Å². The third-order valence-electron chi connectivity index (χ3n) is 4.76. The number of ether oxygens (including phenoxy) is 2. The van der Waals surface area contributed by atoms with Crippen LogP contribution in [0.1, 0.15) is 29.7 Å². The first-order valence-electron chi connectivity index (χ1n) is 8.31. The lowest BCUT2D eigenvalue weighted by Crippen LogP contribution is -2.50. The van der Waals surface area contributed by atoms with Crippen molar-refractivity contribution in [2.45, 2.75) is 24.9 Å². The molecule has 3 atom stereocenters. The number of rotatable bonds is 5. The number of fused-ring (bicyclic) bond motifs is 1. The number of methoxy groups -OCH3 is 1. The lowest BCUT2D eigenvalue weighted by Gasteiger charge is -2.40. The summed E-state index contributed by atoms with van der Waals surface area (Å²) in [6.45, 7) is 1.82. The van der Waals surface area contributed by atoms with Gasteiger partial charge in [0.05, 0.1) is 18.1 Å². The first-order chi connectivity index (χ1) is 12.3. The predicted octanol–water partition coefficient (Wildman–Crippen LogP) is 0.653. The number of aromatic amines is 2. The fraction of sp³-hybridized carbons (Fsp3) is 0.444. The summed E-state index contributed by atoms with van der Waals surface area (Å²) in [6, 6.07) is 6.32. The Kier molecular flexibility index (Phi) is 4.88. The van der Waals surface area contributed by atoms with E-state index in [-0.39, 0.29) is 30.9 Å². The summed E-state index contributed by atoms with van der Waals surface area (Å²) in [4.78, 5) is 25.1. The molecule has 0 bridgehead atoms. The average Bonchev–Trinajstić information content (AvgIpc) is 2.93. The molecule has 1 aliphatic rings. The van der Waals surface area contributed by atoms with Crippen LogP contribution < -0.4 is 5.56 Å². The number of hydrogen-bond donors (Lipinski definition) is 4. The zero-order chi connectivity index (χ0) is 18.9. The molecule has 3 unspecified atom stereocenters. The molecule has 8 heteroatoms. The molecule has 1 heterocycles. The minimum Gasteiger partial charge on any atom is -0.508 e. The SMILES string of the molecule is COCCOC(=O)C1C(c2cccc(O)c2)c2c([nH][nH]c2=O)CC1(C)O. The van der Waals surface area contributed by atoms with Gasteiger partial charge in [-0.05, 0) is 24.6 Å². The maximum absolute atomic E-state index is 12.8. The third kappa shape index (κ3) is 3.25. The lowest BCUT2D eigenvalue weighted by molar-refractivity contribution is -0.161. The van der Waals surface area contributed by atoms with Crippen LogP contribution in [-0.2, 0) is 20.7 Å². The molecule has 26 heavy (non-hydrogen) atoms. The van der Waals surface area contributed by atoms with Crippen LogP contribution in [0, 0.1) is 5.92 Å². The van der Waals surface area contributed by atoms with E-state index in [2.05, 4.69) is 10.2 Å². The summed E-state index contributed by atoms with van der Waals surface area (Å²) < 4.78 is 10.2. The van der Waals surface area contributed by atoms with E-state index in [0.717, 1.165) is 0 Å². The van der Waals surface area contributed by atoms with Crippen molar-refractivity contribution < 1.29 is 24.5 Å². The first kappa shape index (κ1) is 18.2. The second-order valence-corrected chi connectivity index (χ2v) is 6.72. The number of phenols is 1. The minimum absolute atomic E-state index is 0.00716. The zero-order valence-corrected chi connectivity index (χ0v) is 14.6. The molecule has 0 amide bonds. The van der Waals surface area contributed by atoms with Crippen molar-refractivity contribution in [1.29, 1.82) is 0 Å². The highest BCUT2D eigenvalue weighted by molar-refractivity contribution is 5.77. The van der Waals surface area contributed by atoms with Crippen molar-refractivity contribution in [3.63, 3.8) is 0 Å². The molecule has 2 aromatic rings. The molecule has 0 saturated carbocycles. The highest BCUT2D eigenvalue weighted by atomic mass is 16.6. The molecule has 0 spiro atoms. The molecular formula is C18H22N2O6. The Morgan fingerprint density at radius 1 is 1.35 bits per heavy atom. The van der Waals surface area contributed by atoms with Crippen LogP contribution in [0.25, 0.3) is 0 Å². The van der Waals surface area contributed by atoms with Crippen molar-refractivity contribution >= 4 is 5.97 Å². The Labute approximate surface area is 149 Å². The van der Waals surface area contributed by atoms with Gasteiger partial charge in [0.25, 0.3) is 5.56 Å². The number of carbonyl (C=O) groups excluding carboxylic acids is 1. The van der Waals surface area contributed by atoms with Gasteiger partial charge in [-0.15, -0.1) is 0 Å². The van der Waals surface area contributed by atoms with Crippen LogP contribution in [0.15, 0.2) is 29.1 Å². The van der Waals surface area contributed by atoms with E-state index in [0.29, 0.717) is 16.8 Å². The molecule has 1 aliphatic carbocycles. The number of nitrogens with one attached hydrogen (secondary N) is 2. The number of aliphatic hydroxyl groups is 1. The van der Waals surface area contributed by atoms with Crippen LogP contribution in [-0.4, -0.2) is 52.3 Å². The summed E-state index contributed by atoms with van der Waals surface area (Å²) in [5, 5.41) is 26.1. The number of hydrogen-bond acceptors (Lipinski definition) is 6. The van der Waals surface area contributed by atoms with Crippen LogP contribution in [0.4, 0.5) is 0 Å². The molecule has 0 aliphatic heterocycles. The maximum atomic E-state index is 12.8. The number of aromatic nitrogens is 2. The third-order valence-corrected chi connectivity index (χ3v) is 4.76. The minimum atomic E-state index is -1.45. The number of benzene rings is 1. The van der Waals surface area contributed by atoms with Crippen molar-refractivity contribution in [2.75, 3.05) is 20.3 Å². The zero-order valence-electron chi connectivity index (χ0n) is 14.6. The van der Waals surface area contributed by atoms with Gasteiger partial charge in [0, 0.05) is 30.7 Å². The number of carbonyl (C=O) groups is 1. The molecule has 140 valence electrons. The van der Waals surface area contributed by atoms with Gasteiger partial charge in [0.2, 0.25) is 0 Å². The van der Waals surface area contributed by atoms with Crippen LogP contribution in [0.5, 0.6) is 5.75 Å². The Bertz CT molecular complexity index is 853. The lowest BCUT2D eigenvalue weighted by atomic mass is 9.66. The quantitative estimate of drug-likeness (QED) is 0.457. The molecular weight excluding hydrogens is 340 g/mol. The Morgan fingerprint density at radius 2 is 2.12 bits per heavy atom. The van der Waals surface area contributed by atoms with E-state index in [1.165, 1.54) is 19.2 Å². The molecule has 0 saturated heterocycles. The van der Waals surface area contributed by atoms with Crippen LogP contribution in [0.3, 0.4) is 0 Å². The van der Waals surface area contributed by atoms with Gasteiger partial charge in [0.15, 0.2) is 0 Å². The van der Waals surface area contributed by atoms with Gasteiger partial charge < -0.3 is 24.8 Å². The average molecular weight is 362 g/mol. The van der Waals surface area contributed by atoms with Crippen molar-refractivity contribution in [3.8, 4) is 5.75 Å². The predicted molar refractivity (Wildman–Crippen MR) is 92.0 cm³/mol. The number of phenolic OH excluding ortho intramolecular Hbond substituents is 1. The smallest absolute Gasteiger partial charge is 0.312 e. The standard InChI is InChI=1S/C18H22N2O6/c1-18(24)9-12-14(16(22)20-19-12)13(10-4-3-5-11(21)8-10)15(18)17(23)26-7-6-25-2/h3-5,8,13,15,21,24H,6-7,9H2,1-2H3,(H2,19,20,22). The van der Waals surface area contributed by atoms with Crippen molar-refractivity contribution in [1.82, 2.24) is 10.2 Å². The van der Waals surface area contributed by atoms with Gasteiger partial charge in [0.1, 0.15) is 12.4 Å². The Balaban J connectivity index is 2.10. The van der Waals surface area contributed by atoms with Crippen LogP contribution >= 0.6 is 0 Å². The highest BCUT2D eigenvalue weighted by Gasteiger charge is 2.51. The number of esters is 1. The summed E-state index contributed by atoms with van der Waals surface area (Å²) in [5.74, 6) is -2.38. The molecule has 1 aromatic carbocycles. The van der Waals surface area contributed by atoms with Crippen molar-refractivity contribution in [3.05, 3.63) is 51.4 Å². The van der Waals surface area contributed by atoms with E-state index >= 15 is 0 Å². The van der Waals surface area contributed by atoms with Gasteiger partial charge >= 0.3 is 5.97 Å². The normalized spacial score (nSPS) is 24.9. The van der Waals surface area contributed by atoms with E-state index in [9.17, 15) is 19.8 Å². The second-order valence-electron chi connectivity index (χ2n) is 6.72. The molecule has 0 fully saturated rings. The molecule has 3 rings (SSSR count). The first-order valence-corrected chi connectivity index (χ1v) is 8.31. The monoisotopic (exact) mass is 362 g/mol. The molecule has 8 nitrogen and oxygen atoms in total. The van der Waals surface area contributed by atoms with E-state index in [1.54, 1.807) is 19.1 Å². The summed E-state index contributed by atoms with van der Waals surface area (Å²) in [5.41, 5.74) is -0.355. The molecule has 0 radical (unpaired) electrons. The number of H-pyrrole nitrogens is 2. The maximum Gasteiger partial charge on any atom is 0.312 e. The van der Waals surface area contributed by atoms with Crippen LogP contribution in [0.2, 0.25) is 0 Å². The molecule has 1 aromatic heterocycles. The fourth-order valence-corrected chi connectivity index (χ4v) is 3.65.